The number of carbonyl (C=O) groups excluding carboxylic acids is 1. The summed E-state index contributed by atoms with van der Waals surface area (Å²) in [6.07, 6.45) is 3.95. The molecule has 3 rings (SSSR count). The molecule has 4 heteroatoms. The normalized spacial score (nSPS) is 25.6. The van der Waals surface area contributed by atoms with Crippen LogP contribution in [-0.2, 0) is 11.2 Å². The fourth-order valence-corrected chi connectivity index (χ4v) is 3.02. The lowest BCUT2D eigenvalue weighted by atomic mass is 9.92. The maximum Gasteiger partial charge on any atom is 0.265 e. The second kappa shape index (κ2) is 5.83. The molecule has 2 unspecified atom stereocenters. The van der Waals surface area contributed by atoms with Gasteiger partial charge in [0, 0.05) is 0 Å². The van der Waals surface area contributed by atoms with Crippen LogP contribution in [-0.4, -0.2) is 25.1 Å². The number of anilines is 1. The predicted molar refractivity (Wildman–Crippen MR) is 79.1 cm³/mol. The van der Waals surface area contributed by atoms with Gasteiger partial charge in [0.25, 0.3) is 5.91 Å². The van der Waals surface area contributed by atoms with Crippen LogP contribution in [0.5, 0.6) is 5.75 Å². The molecule has 2 atom stereocenters. The number of amides is 1. The van der Waals surface area contributed by atoms with Gasteiger partial charge >= 0.3 is 0 Å². The first-order valence-corrected chi connectivity index (χ1v) is 7.57. The molecule has 0 spiro atoms. The molecular formula is C16H22N2O2. The predicted octanol–water partition coefficient (Wildman–Crippen LogP) is 2.34. The van der Waals surface area contributed by atoms with Crippen molar-refractivity contribution in [2.75, 3.05) is 18.4 Å². The zero-order valence-corrected chi connectivity index (χ0v) is 11.9. The van der Waals surface area contributed by atoms with E-state index in [-0.39, 0.29) is 12.0 Å². The molecule has 0 radical (unpaired) electrons. The van der Waals surface area contributed by atoms with Gasteiger partial charge in [-0.2, -0.15) is 0 Å². The molecule has 20 heavy (non-hydrogen) atoms. The zero-order valence-electron chi connectivity index (χ0n) is 11.9. The second-order valence-electron chi connectivity index (χ2n) is 5.75. The fraction of sp³-hybridized carbons (Fsp3) is 0.562. The molecule has 1 amide bonds. The lowest BCUT2D eigenvalue weighted by Gasteiger charge is -2.26. The Bertz CT molecular complexity index is 495. The number of carbonyl (C=O) groups is 1. The van der Waals surface area contributed by atoms with E-state index in [1.54, 1.807) is 0 Å². The lowest BCUT2D eigenvalue weighted by molar-refractivity contribution is -0.123. The average Bonchev–Trinajstić information content (AvgIpc) is 2.47. The molecule has 1 aromatic rings. The Hall–Kier alpha value is -1.55. The number of rotatable bonds is 3. The summed E-state index contributed by atoms with van der Waals surface area (Å²) in [6.45, 7) is 4.19. The number of ether oxygens (including phenoxy) is 1. The van der Waals surface area contributed by atoms with Crippen molar-refractivity contribution in [1.29, 1.82) is 0 Å². The number of benzene rings is 1. The molecule has 2 aliphatic heterocycles. The summed E-state index contributed by atoms with van der Waals surface area (Å²) >= 11 is 0. The van der Waals surface area contributed by atoms with Crippen LogP contribution in [0.1, 0.15) is 31.7 Å². The lowest BCUT2D eigenvalue weighted by Crippen LogP contribution is -2.36. The minimum Gasteiger partial charge on any atom is -0.478 e. The Labute approximate surface area is 119 Å². The van der Waals surface area contributed by atoms with Gasteiger partial charge in [0.15, 0.2) is 6.10 Å². The van der Waals surface area contributed by atoms with E-state index in [4.69, 9.17) is 4.74 Å². The number of hydrogen-bond donors (Lipinski definition) is 2. The molecule has 0 bridgehead atoms. The van der Waals surface area contributed by atoms with Crippen molar-refractivity contribution in [2.24, 2.45) is 5.92 Å². The number of piperidine rings is 1. The van der Waals surface area contributed by atoms with Crippen molar-refractivity contribution in [3.63, 3.8) is 0 Å². The van der Waals surface area contributed by atoms with E-state index in [1.807, 2.05) is 13.0 Å². The van der Waals surface area contributed by atoms with E-state index < -0.39 is 0 Å². The number of fused-ring (bicyclic) bond motifs is 1. The summed E-state index contributed by atoms with van der Waals surface area (Å²) in [5.74, 6) is 1.46. The molecule has 1 fully saturated rings. The molecule has 1 saturated heterocycles. The SMILES string of the molecule is CCC1Oc2ccc(CC3CCCNC3)cc2NC1=O. The number of hydrogen-bond acceptors (Lipinski definition) is 3. The molecule has 0 aromatic heterocycles. The van der Waals surface area contributed by atoms with Crippen LogP contribution in [0.2, 0.25) is 0 Å². The van der Waals surface area contributed by atoms with Crippen molar-refractivity contribution in [3.8, 4) is 5.75 Å². The molecule has 2 N–H and O–H groups in total. The Morgan fingerprint density at radius 1 is 1.40 bits per heavy atom. The van der Waals surface area contributed by atoms with E-state index in [2.05, 4.69) is 22.8 Å². The highest BCUT2D eigenvalue weighted by atomic mass is 16.5. The Morgan fingerprint density at radius 2 is 2.30 bits per heavy atom. The minimum atomic E-state index is -0.351. The molecule has 2 heterocycles. The van der Waals surface area contributed by atoms with Gasteiger partial charge < -0.3 is 15.4 Å². The van der Waals surface area contributed by atoms with Crippen LogP contribution in [0.25, 0.3) is 0 Å². The third-order valence-electron chi connectivity index (χ3n) is 4.16. The van der Waals surface area contributed by atoms with Crippen LogP contribution in [0.3, 0.4) is 0 Å². The first kappa shape index (κ1) is 13.4. The average molecular weight is 274 g/mol. The Morgan fingerprint density at radius 3 is 3.05 bits per heavy atom. The summed E-state index contributed by atoms with van der Waals surface area (Å²) in [5.41, 5.74) is 2.09. The van der Waals surface area contributed by atoms with Crippen LogP contribution in [0, 0.1) is 5.92 Å². The van der Waals surface area contributed by atoms with Crippen LogP contribution < -0.4 is 15.4 Å². The maximum atomic E-state index is 11.8. The minimum absolute atomic E-state index is 0.0310. The quantitative estimate of drug-likeness (QED) is 0.889. The summed E-state index contributed by atoms with van der Waals surface area (Å²) in [6, 6.07) is 6.17. The highest BCUT2D eigenvalue weighted by Gasteiger charge is 2.26. The van der Waals surface area contributed by atoms with E-state index in [1.165, 1.54) is 18.4 Å². The van der Waals surface area contributed by atoms with Gasteiger partial charge in [0.1, 0.15) is 5.75 Å². The van der Waals surface area contributed by atoms with Gasteiger partial charge in [-0.05, 0) is 62.4 Å². The van der Waals surface area contributed by atoms with Crippen molar-refractivity contribution in [2.45, 2.75) is 38.7 Å². The van der Waals surface area contributed by atoms with E-state index in [9.17, 15) is 4.79 Å². The van der Waals surface area contributed by atoms with E-state index >= 15 is 0 Å². The highest BCUT2D eigenvalue weighted by Crippen LogP contribution is 2.32. The summed E-state index contributed by atoms with van der Waals surface area (Å²) in [4.78, 5) is 11.8. The van der Waals surface area contributed by atoms with Crippen molar-refractivity contribution in [1.82, 2.24) is 5.32 Å². The molecule has 0 saturated carbocycles. The monoisotopic (exact) mass is 274 g/mol. The van der Waals surface area contributed by atoms with Crippen molar-refractivity contribution >= 4 is 11.6 Å². The topological polar surface area (TPSA) is 50.4 Å². The first-order valence-electron chi connectivity index (χ1n) is 7.57. The van der Waals surface area contributed by atoms with E-state index in [0.717, 1.165) is 30.9 Å². The summed E-state index contributed by atoms with van der Waals surface area (Å²) < 4.78 is 5.71. The van der Waals surface area contributed by atoms with Crippen LogP contribution >= 0.6 is 0 Å². The van der Waals surface area contributed by atoms with Crippen molar-refractivity contribution in [3.05, 3.63) is 23.8 Å². The third kappa shape index (κ3) is 2.80. The molecular weight excluding hydrogens is 252 g/mol. The first-order chi connectivity index (χ1) is 9.76. The van der Waals surface area contributed by atoms with Gasteiger partial charge in [-0.25, -0.2) is 0 Å². The standard InChI is InChI=1S/C16H22N2O2/c1-2-14-16(19)18-13-9-11(5-6-15(13)20-14)8-12-4-3-7-17-10-12/h5-6,9,12,14,17H,2-4,7-8,10H2,1H3,(H,18,19). The summed E-state index contributed by atoms with van der Waals surface area (Å²) in [5, 5.41) is 6.40. The van der Waals surface area contributed by atoms with Crippen LogP contribution in [0.15, 0.2) is 18.2 Å². The van der Waals surface area contributed by atoms with E-state index in [0.29, 0.717) is 12.3 Å². The van der Waals surface area contributed by atoms with Gasteiger partial charge in [0.2, 0.25) is 0 Å². The summed E-state index contributed by atoms with van der Waals surface area (Å²) in [7, 11) is 0. The van der Waals surface area contributed by atoms with Gasteiger partial charge in [0.05, 0.1) is 5.69 Å². The Kier molecular flexibility index (Phi) is 3.92. The number of nitrogens with one attached hydrogen (secondary N) is 2. The second-order valence-corrected chi connectivity index (χ2v) is 5.75. The van der Waals surface area contributed by atoms with Crippen LogP contribution in [0.4, 0.5) is 5.69 Å². The largest absolute Gasteiger partial charge is 0.478 e. The van der Waals surface area contributed by atoms with Gasteiger partial charge in [-0.3, -0.25) is 4.79 Å². The third-order valence-corrected chi connectivity index (χ3v) is 4.16. The molecule has 1 aromatic carbocycles. The molecule has 0 aliphatic carbocycles. The maximum absolute atomic E-state index is 11.8. The van der Waals surface area contributed by atoms with Crippen molar-refractivity contribution < 1.29 is 9.53 Å². The smallest absolute Gasteiger partial charge is 0.265 e. The Balaban J connectivity index is 1.72. The van der Waals surface area contributed by atoms with Gasteiger partial charge in [-0.1, -0.05) is 13.0 Å². The molecule has 2 aliphatic rings. The highest BCUT2D eigenvalue weighted by molar-refractivity contribution is 5.97. The molecule has 4 nitrogen and oxygen atoms in total. The zero-order chi connectivity index (χ0) is 13.9. The molecule has 108 valence electrons. The fourth-order valence-electron chi connectivity index (χ4n) is 3.02. The van der Waals surface area contributed by atoms with Gasteiger partial charge in [-0.15, -0.1) is 0 Å².